The van der Waals surface area contributed by atoms with Crippen LogP contribution in [0.2, 0.25) is 0 Å². The van der Waals surface area contributed by atoms with E-state index in [1.807, 2.05) is 11.3 Å². The van der Waals surface area contributed by atoms with Crippen molar-refractivity contribution in [3.63, 3.8) is 0 Å². The highest BCUT2D eigenvalue weighted by molar-refractivity contribution is 9.10. The number of halogens is 1. The van der Waals surface area contributed by atoms with Crippen molar-refractivity contribution in [2.75, 3.05) is 13.1 Å². The summed E-state index contributed by atoms with van der Waals surface area (Å²) in [6, 6.07) is 2.25. The molecular formula is C9H12BrNS. The SMILES string of the molecule is Brc1csc([C@H]2CCCNC2)c1. The van der Waals surface area contributed by atoms with Gasteiger partial charge in [0.15, 0.2) is 0 Å². The third-order valence-electron chi connectivity index (χ3n) is 2.29. The lowest BCUT2D eigenvalue weighted by Gasteiger charge is -2.21. The molecular weight excluding hydrogens is 234 g/mol. The molecule has 12 heavy (non-hydrogen) atoms. The van der Waals surface area contributed by atoms with Crippen molar-refractivity contribution in [2.24, 2.45) is 0 Å². The summed E-state index contributed by atoms with van der Waals surface area (Å²) in [6.07, 6.45) is 2.67. The van der Waals surface area contributed by atoms with Crippen molar-refractivity contribution in [3.8, 4) is 0 Å². The molecule has 1 fully saturated rings. The molecule has 0 aromatic carbocycles. The van der Waals surface area contributed by atoms with Gasteiger partial charge in [-0.15, -0.1) is 11.3 Å². The van der Waals surface area contributed by atoms with Crippen LogP contribution in [0.25, 0.3) is 0 Å². The second-order valence-electron chi connectivity index (χ2n) is 3.21. The Bertz CT molecular complexity index is 253. The second-order valence-corrected chi connectivity index (χ2v) is 5.07. The van der Waals surface area contributed by atoms with Gasteiger partial charge in [0, 0.05) is 27.2 Å². The zero-order chi connectivity index (χ0) is 8.39. The second kappa shape index (κ2) is 3.90. The van der Waals surface area contributed by atoms with Crippen LogP contribution in [0.1, 0.15) is 23.6 Å². The van der Waals surface area contributed by atoms with Gasteiger partial charge in [0.25, 0.3) is 0 Å². The Balaban J connectivity index is 2.08. The number of thiophene rings is 1. The number of hydrogen-bond acceptors (Lipinski definition) is 2. The van der Waals surface area contributed by atoms with Crippen LogP contribution in [-0.4, -0.2) is 13.1 Å². The molecule has 1 N–H and O–H groups in total. The topological polar surface area (TPSA) is 12.0 Å². The van der Waals surface area contributed by atoms with E-state index in [0.717, 1.165) is 12.5 Å². The van der Waals surface area contributed by atoms with Crippen LogP contribution in [-0.2, 0) is 0 Å². The molecule has 2 rings (SSSR count). The molecule has 0 amide bonds. The van der Waals surface area contributed by atoms with E-state index in [2.05, 4.69) is 32.7 Å². The standard InChI is InChI=1S/C9H12BrNS/c10-8-4-9(12-6-8)7-2-1-3-11-5-7/h4,6-7,11H,1-3,5H2/t7-/m0/s1. The van der Waals surface area contributed by atoms with Gasteiger partial charge in [0.1, 0.15) is 0 Å². The van der Waals surface area contributed by atoms with Crippen molar-refractivity contribution >= 4 is 27.3 Å². The molecule has 1 nitrogen and oxygen atoms in total. The fraction of sp³-hybridized carbons (Fsp3) is 0.556. The van der Waals surface area contributed by atoms with Crippen LogP contribution in [0.15, 0.2) is 15.9 Å². The van der Waals surface area contributed by atoms with Gasteiger partial charge in [-0.05, 0) is 41.4 Å². The minimum absolute atomic E-state index is 0.759. The summed E-state index contributed by atoms with van der Waals surface area (Å²) >= 11 is 5.36. The van der Waals surface area contributed by atoms with Crippen LogP contribution in [0.3, 0.4) is 0 Å². The molecule has 1 aliphatic rings. The summed E-state index contributed by atoms with van der Waals surface area (Å²) in [6.45, 7) is 2.36. The highest BCUT2D eigenvalue weighted by atomic mass is 79.9. The van der Waals surface area contributed by atoms with Gasteiger partial charge in [-0.1, -0.05) is 0 Å². The normalized spacial score (nSPS) is 24.2. The molecule has 0 radical (unpaired) electrons. The van der Waals surface area contributed by atoms with Crippen LogP contribution in [0, 0.1) is 0 Å². The highest BCUT2D eigenvalue weighted by Crippen LogP contribution is 2.30. The predicted octanol–water partition coefficient (Wildman–Crippen LogP) is 2.98. The van der Waals surface area contributed by atoms with E-state index in [0.29, 0.717) is 0 Å². The molecule has 1 aromatic rings. The fourth-order valence-corrected chi connectivity index (χ4v) is 3.22. The summed E-state index contributed by atoms with van der Waals surface area (Å²) in [5.74, 6) is 0.759. The molecule has 0 unspecified atom stereocenters. The first-order valence-electron chi connectivity index (χ1n) is 4.31. The monoisotopic (exact) mass is 245 g/mol. The number of rotatable bonds is 1. The van der Waals surface area contributed by atoms with Crippen LogP contribution in [0.5, 0.6) is 0 Å². The number of hydrogen-bond donors (Lipinski definition) is 1. The maximum Gasteiger partial charge on any atom is 0.0285 e. The van der Waals surface area contributed by atoms with Crippen molar-refractivity contribution in [1.29, 1.82) is 0 Å². The largest absolute Gasteiger partial charge is 0.316 e. The lowest BCUT2D eigenvalue weighted by Crippen LogP contribution is -2.27. The third kappa shape index (κ3) is 1.90. The molecule has 1 atom stereocenters. The maximum atomic E-state index is 3.49. The highest BCUT2D eigenvalue weighted by Gasteiger charge is 2.16. The minimum Gasteiger partial charge on any atom is -0.316 e. The molecule has 2 heterocycles. The molecule has 0 aliphatic carbocycles. The van der Waals surface area contributed by atoms with Gasteiger partial charge in [0.05, 0.1) is 0 Å². The molecule has 66 valence electrons. The fourth-order valence-electron chi connectivity index (χ4n) is 1.64. The van der Waals surface area contributed by atoms with E-state index in [-0.39, 0.29) is 0 Å². The third-order valence-corrected chi connectivity index (χ3v) is 4.14. The van der Waals surface area contributed by atoms with Crippen molar-refractivity contribution in [3.05, 3.63) is 20.8 Å². The number of nitrogens with one attached hydrogen (secondary N) is 1. The molecule has 3 heteroatoms. The lowest BCUT2D eigenvalue weighted by molar-refractivity contribution is 0.466. The summed E-state index contributed by atoms with van der Waals surface area (Å²) < 4.78 is 1.23. The Morgan fingerprint density at radius 3 is 3.08 bits per heavy atom. The van der Waals surface area contributed by atoms with E-state index in [1.54, 1.807) is 0 Å². The summed E-state index contributed by atoms with van der Waals surface area (Å²) in [5.41, 5.74) is 0. The van der Waals surface area contributed by atoms with Crippen molar-refractivity contribution in [1.82, 2.24) is 5.32 Å². The first-order chi connectivity index (χ1) is 5.86. The van der Waals surface area contributed by atoms with Crippen LogP contribution < -0.4 is 5.32 Å². The summed E-state index contributed by atoms with van der Waals surface area (Å²) in [7, 11) is 0. The van der Waals surface area contributed by atoms with E-state index < -0.39 is 0 Å². The van der Waals surface area contributed by atoms with E-state index in [4.69, 9.17) is 0 Å². The van der Waals surface area contributed by atoms with Crippen LogP contribution in [0.4, 0.5) is 0 Å². The first kappa shape index (κ1) is 8.73. The van der Waals surface area contributed by atoms with Crippen molar-refractivity contribution < 1.29 is 0 Å². The van der Waals surface area contributed by atoms with E-state index in [9.17, 15) is 0 Å². The van der Waals surface area contributed by atoms with E-state index >= 15 is 0 Å². The van der Waals surface area contributed by atoms with Gasteiger partial charge in [-0.2, -0.15) is 0 Å². The zero-order valence-electron chi connectivity index (χ0n) is 6.85. The molecule has 1 aliphatic heterocycles. The van der Waals surface area contributed by atoms with Gasteiger partial charge in [-0.3, -0.25) is 0 Å². The molecule has 1 saturated heterocycles. The lowest BCUT2D eigenvalue weighted by atomic mass is 9.98. The van der Waals surface area contributed by atoms with E-state index in [1.165, 1.54) is 28.7 Å². The van der Waals surface area contributed by atoms with Gasteiger partial charge in [-0.25, -0.2) is 0 Å². The average Bonchev–Trinajstić information content (AvgIpc) is 2.54. The summed E-state index contributed by atoms with van der Waals surface area (Å²) in [4.78, 5) is 1.52. The molecule has 1 aromatic heterocycles. The van der Waals surface area contributed by atoms with Gasteiger partial charge >= 0.3 is 0 Å². The first-order valence-corrected chi connectivity index (χ1v) is 5.98. The molecule has 0 bridgehead atoms. The Morgan fingerprint density at radius 2 is 2.50 bits per heavy atom. The smallest absolute Gasteiger partial charge is 0.0285 e. The van der Waals surface area contributed by atoms with Crippen LogP contribution >= 0.6 is 27.3 Å². The Kier molecular flexibility index (Phi) is 2.84. The van der Waals surface area contributed by atoms with Crippen molar-refractivity contribution in [2.45, 2.75) is 18.8 Å². The number of piperidine rings is 1. The Hall–Kier alpha value is 0.140. The quantitative estimate of drug-likeness (QED) is 0.803. The average molecular weight is 246 g/mol. The molecule has 0 saturated carbocycles. The summed E-state index contributed by atoms with van der Waals surface area (Å²) in [5, 5.41) is 5.60. The minimum atomic E-state index is 0.759. The zero-order valence-corrected chi connectivity index (χ0v) is 9.25. The maximum absolute atomic E-state index is 3.49. The van der Waals surface area contributed by atoms with Gasteiger partial charge in [0.2, 0.25) is 0 Å². The Labute approximate surface area is 85.3 Å². The Morgan fingerprint density at radius 1 is 1.58 bits per heavy atom. The van der Waals surface area contributed by atoms with Gasteiger partial charge < -0.3 is 5.32 Å². The molecule has 0 spiro atoms. The predicted molar refractivity (Wildman–Crippen MR) is 56.9 cm³/mol.